The predicted octanol–water partition coefficient (Wildman–Crippen LogP) is 6.22. The highest BCUT2D eigenvalue weighted by Gasteiger charge is 2.63. The second-order valence-corrected chi connectivity index (χ2v) is 17.6. The van der Waals surface area contributed by atoms with E-state index in [1.807, 2.05) is 6.92 Å². The van der Waals surface area contributed by atoms with Gasteiger partial charge in [0.15, 0.2) is 0 Å². The van der Waals surface area contributed by atoms with Gasteiger partial charge in [-0.2, -0.15) is 0 Å². The quantitative estimate of drug-likeness (QED) is 0.327. The summed E-state index contributed by atoms with van der Waals surface area (Å²) in [5.74, 6) is 2.66. The highest BCUT2D eigenvalue weighted by Crippen LogP contribution is 2.68. The molecule has 1 aromatic carbocycles. The molecule has 1 heterocycles. The van der Waals surface area contributed by atoms with Gasteiger partial charge in [0.2, 0.25) is 0 Å². The second-order valence-electron chi connectivity index (χ2n) is 15.9. The van der Waals surface area contributed by atoms with Gasteiger partial charge in [-0.25, -0.2) is 17.9 Å². The van der Waals surface area contributed by atoms with Crippen molar-refractivity contribution in [3.05, 3.63) is 23.8 Å². The molecule has 4 fully saturated rings. The maximum absolute atomic E-state index is 13.1. The number of nitrogens with one attached hydrogen (secondary N) is 1. The number of rotatable bonds is 7. The van der Waals surface area contributed by atoms with Crippen molar-refractivity contribution in [2.75, 3.05) is 6.61 Å². The molecule has 6 rings (SSSR count). The minimum atomic E-state index is -4.09. The molecule has 5 aliphatic rings. The van der Waals surface area contributed by atoms with Crippen molar-refractivity contribution in [2.24, 2.45) is 46.3 Å². The highest BCUT2D eigenvalue weighted by atomic mass is 32.2. The number of ether oxygens (including phenoxy) is 2. The highest BCUT2D eigenvalue weighted by molar-refractivity contribution is 7.90. The average Bonchev–Trinajstić information content (AvgIpc) is 3.48. The van der Waals surface area contributed by atoms with Crippen LogP contribution in [0.4, 0.5) is 4.79 Å². The Bertz CT molecular complexity index is 1370. The number of hydrogen-bond acceptors (Lipinski definition) is 7. The molecule has 0 spiro atoms. The molecule has 1 amide bonds. The summed E-state index contributed by atoms with van der Waals surface area (Å²) >= 11 is 0. The first kappa shape index (κ1) is 32.1. The molecule has 0 saturated heterocycles. The van der Waals surface area contributed by atoms with Crippen LogP contribution in [0, 0.1) is 46.3 Å². The number of aliphatic hydroxyl groups is 2. The van der Waals surface area contributed by atoms with E-state index in [-0.39, 0.29) is 52.0 Å². The number of amides is 1. The molecular weight excluding hydrogens is 578 g/mol. The second kappa shape index (κ2) is 11.4. The van der Waals surface area contributed by atoms with Gasteiger partial charge < -0.3 is 19.7 Å². The molecule has 0 radical (unpaired) electrons. The zero-order chi connectivity index (χ0) is 31.7. The fourth-order valence-corrected chi connectivity index (χ4v) is 12.0. The maximum Gasteiger partial charge on any atom is 0.421 e. The van der Waals surface area contributed by atoms with E-state index in [9.17, 15) is 23.4 Å². The third kappa shape index (κ3) is 5.46. The van der Waals surface area contributed by atoms with E-state index in [0.29, 0.717) is 35.8 Å². The van der Waals surface area contributed by atoms with Crippen LogP contribution in [-0.2, 0) is 21.2 Å². The molecule has 9 heteroatoms. The van der Waals surface area contributed by atoms with Gasteiger partial charge >= 0.3 is 6.09 Å². The van der Waals surface area contributed by atoms with E-state index in [1.54, 1.807) is 12.1 Å². The molecule has 1 aromatic rings. The fraction of sp³-hybridized carbons (Fsp3) is 0.800. The Morgan fingerprint density at radius 2 is 1.80 bits per heavy atom. The van der Waals surface area contributed by atoms with E-state index in [0.717, 1.165) is 69.8 Å². The van der Waals surface area contributed by atoms with Crippen molar-refractivity contribution in [2.45, 2.75) is 128 Å². The first-order chi connectivity index (χ1) is 20.7. The summed E-state index contributed by atoms with van der Waals surface area (Å²) in [6.45, 7) is 11.2. The number of carbonyl (C=O) groups is 1. The molecule has 1 unspecified atom stereocenters. The summed E-state index contributed by atoms with van der Waals surface area (Å²) in [6, 6.07) is 4.75. The monoisotopic (exact) mass is 631 g/mol. The van der Waals surface area contributed by atoms with Crippen LogP contribution in [0.5, 0.6) is 5.75 Å². The standard InChI is InChI=1S/C35H53NO7S/c1-6-13-33(3)19-22-16-25(7-10-30(22)43-33)44(40,41)36-32(39)42-20-21(2)26-8-9-27-31-28(12-15-35(26,27)5)34(4)14-11-24(37)17-23(34)18-29(31)38/h7,10,16,21,23-24,26-29,31,37-38H,6,8-9,11-15,17-20H2,1-5H3,(H,36,39)/t21-,23+,24-,26-,27+,28+,29-,31+,33?,34+,35-/m1/s1. The molecular formula is C35H53NO7S. The maximum atomic E-state index is 13.1. The summed E-state index contributed by atoms with van der Waals surface area (Å²) in [5, 5.41) is 21.8. The van der Waals surface area contributed by atoms with Gasteiger partial charge in [0.25, 0.3) is 10.0 Å². The topological polar surface area (TPSA) is 122 Å². The number of carbonyl (C=O) groups excluding carboxylic acids is 1. The fourth-order valence-electron chi connectivity index (χ4n) is 11.0. The lowest BCUT2D eigenvalue weighted by molar-refractivity contribution is -0.174. The van der Waals surface area contributed by atoms with Crippen LogP contribution >= 0.6 is 0 Å². The van der Waals surface area contributed by atoms with Crippen molar-refractivity contribution in [3.63, 3.8) is 0 Å². The normalized spacial score (nSPS) is 41.8. The summed E-state index contributed by atoms with van der Waals surface area (Å²) < 4.78 is 39.9. The van der Waals surface area contributed by atoms with Gasteiger partial charge in [-0.15, -0.1) is 0 Å². The van der Waals surface area contributed by atoms with Crippen molar-refractivity contribution in [1.82, 2.24) is 4.72 Å². The molecule has 4 aliphatic carbocycles. The Hall–Kier alpha value is -1.84. The number of benzene rings is 1. The third-order valence-electron chi connectivity index (χ3n) is 13.2. The molecule has 4 saturated carbocycles. The zero-order valence-electron chi connectivity index (χ0n) is 27.2. The van der Waals surface area contributed by atoms with Gasteiger partial charge in [0, 0.05) is 6.42 Å². The lowest BCUT2D eigenvalue weighted by Crippen LogP contribution is -2.58. The molecule has 11 atom stereocenters. The number of fused-ring (bicyclic) bond motifs is 6. The van der Waals surface area contributed by atoms with Gasteiger partial charge in [-0.3, -0.25) is 0 Å². The number of sulfonamides is 1. The van der Waals surface area contributed by atoms with Crippen LogP contribution in [-0.4, -0.2) is 49.1 Å². The summed E-state index contributed by atoms with van der Waals surface area (Å²) in [4.78, 5) is 12.8. The Morgan fingerprint density at radius 1 is 1.07 bits per heavy atom. The first-order valence-electron chi connectivity index (χ1n) is 17.1. The van der Waals surface area contributed by atoms with Gasteiger partial charge in [-0.1, -0.05) is 34.1 Å². The molecule has 8 nitrogen and oxygen atoms in total. The van der Waals surface area contributed by atoms with Crippen molar-refractivity contribution < 1.29 is 32.9 Å². The van der Waals surface area contributed by atoms with Crippen molar-refractivity contribution >= 4 is 16.1 Å². The zero-order valence-corrected chi connectivity index (χ0v) is 28.0. The van der Waals surface area contributed by atoms with E-state index < -0.39 is 16.1 Å². The van der Waals surface area contributed by atoms with Crippen LogP contribution in [0.25, 0.3) is 0 Å². The first-order valence-corrected chi connectivity index (χ1v) is 18.5. The van der Waals surface area contributed by atoms with E-state index in [4.69, 9.17) is 9.47 Å². The predicted molar refractivity (Wildman–Crippen MR) is 168 cm³/mol. The van der Waals surface area contributed by atoms with Crippen LogP contribution in [0.3, 0.4) is 0 Å². The van der Waals surface area contributed by atoms with E-state index in [1.165, 1.54) is 6.07 Å². The third-order valence-corrected chi connectivity index (χ3v) is 14.5. The lowest BCUT2D eigenvalue weighted by Gasteiger charge is -2.62. The smallest absolute Gasteiger partial charge is 0.421 e. The molecule has 246 valence electrons. The van der Waals surface area contributed by atoms with Crippen LogP contribution in [0.2, 0.25) is 0 Å². The molecule has 44 heavy (non-hydrogen) atoms. The van der Waals surface area contributed by atoms with Gasteiger partial charge in [-0.05, 0) is 135 Å². The Labute approximate surface area is 263 Å². The Morgan fingerprint density at radius 3 is 2.55 bits per heavy atom. The Kier molecular flexibility index (Phi) is 8.35. The van der Waals surface area contributed by atoms with Crippen molar-refractivity contribution in [3.8, 4) is 5.75 Å². The largest absolute Gasteiger partial charge is 0.487 e. The van der Waals surface area contributed by atoms with E-state index >= 15 is 0 Å². The van der Waals surface area contributed by atoms with Crippen molar-refractivity contribution in [1.29, 1.82) is 0 Å². The average molecular weight is 632 g/mol. The molecule has 0 bridgehead atoms. The van der Waals surface area contributed by atoms with Crippen LogP contribution in [0.15, 0.2) is 23.1 Å². The summed E-state index contributed by atoms with van der Waals surface area (Å²) in [5.41, 5.74) is 0.718. The van der Waals surface area contributed by atoms with Gasteiger partial charge in [0.1, 0.15) is 11.4 Å². The molecule has 1 aliphatic heterocycles. The lowest BCUT2D eigenvalue weighted by atomic mass is 9.43. The SMILES string of the molecule is CCCC1(C)Cc2cc(S(=O)(=O)NC(=O)OC[C@@H](C)[C@H]3CC[C@H]4[C@@H]5[C@H](O)C[C@@H]6C[C@H](O)CC[C@]6(C)[C@H]5CC[C@]34C)ccc2O1. The van der Waals surface area contributed by atoms with Crippen LogP contribution < -0.4 is 9.46 Å². The number of aliphatic hydroxyl groups excluding tert-OH is 2. The minimum absolute atomic E-state index is 0.0305. The summed E-state index contributed by atoms with van der Waals surface area (Å²) in [7, 11) is -4.09. The Balaban J connectivity index is 1.07. The number of hydrogen-bond donors (Lipinski definition) is 3. The molecule has 0 aromatic heterocycles. The minimum Gasteiger partial charge on any atom is -0.487 e. The van der Waals surface area contributed by atoms with Gasteiger partial charge in [0.05, 0.1) is 23.7 Å². The van der Waals surface area contributed by atoms with Crippen LogP contribution in [0.1, 0.15) is 104 Å². The molecule has 3 N–H and O–H groups in total. The summed E-state index contributed by atoms with van der Waals surface area (Å²) in [6.07, 6.45) is 8.72. The van der Waals surface area contributed by atoms with E-state index in [2.05, 4.69) is 32.4 Å².